The average Bonchev–Trinajstić information content (AvgIpc) is 2.87. The third-order valence-corrected chi connectivity index (χ3v) is 6.26. The topological polar surface area (TPSA) is 92.5 Å². The Bertz CT molecular complexity index is 1520. The van der Waals surface area contributed by atoms with E-state index in [4.69, 9.17) is 4.98 Å². The van der Waals surface area contributed by atoms with E-state index in [1.807, 2.05) is 36.4 Å². The SMILES string of the molecule is N#Cc1cc2c(=O)n3ccccc3nc2n(Cc2ccccc2)c1=NC(=O)C1CCCCC1. The van der Waals surface area contributed by atoms with Gasteiger partial charge in [-0.2, -0.15) is 10.3 Å². The van der Waals surface area contributed by atoms with Crippen molar-refractivity contribution in [3.8, 4) is 6.07 Å². The van der Waals surface area contributed by atoms with Crippen molar-refractivity contribution in [2.24, 2.45) is 10.9 Å². The van der Waals surface area contributed by atoms with E-state index in [-0.39, 0.29) is 28.4 Å². The Morgan fingerprint density at radius 3 is 2.61 bits per heavy atom. The van der Waals surface area contributed by atoms with Crippen molar-refractivity contribution in [1.82, 2.24) is 14.0 Å². The van der Waals surface area contributed by atoms with Gasteiger partial charge in [-0.05, 0) is 36.6 Å². The summed E-state index contributed by atoms with van der Waals surface area (Å²) in [5.74, 6) is -0.328. The quantitative estimate of drug-likeness (QED) is 0.458. The van der Waals surface area contributed by atoms with E-state index in [1.165, 1.54) is 10.5 Å². The number of carbonyl (C=O) groups is 1. The van der Waals surface area contributed by atoms with Gasteiger partial charge in [-0.3, -0.25) is 14.0 Å². The van der Waals surface area contributed by atoms with Gasteiger partial charge in [0.05, 0.1) is 17.5 Å². The first-order valence-electron chi connectivity index (χ1n) is 11.2. The highest BCUT2D eigenvalue weighted by molar-refractivity contribution is 5.81. The van der Waals surface area contributed by atoms with Crippen LogP contribution in [0.1, 0.15) is 43.2 Å². The zero-order valence-corrected chi connectivity index (χ0v) is 18.1. The number of benzene rings is 1. The maximum Gasteiger partial charge on any atom is 0.267 e. The summed E-state index contributed by atoms with van der Waals surface area (Å²) in [4.78, 5) is 35.5. The van der Waals surface area contributed by atoms with Gasteiger partial charge >= 0.3 is 0 Å². The molecule has 5 rings (SSSR count). The van der Waals surface area contributed by atoms with Crippen LogP contribution < -0.4 is 11.0 Å². The minimum absolute atomic E-state index is 0.124. The molecule has 0 atom stereocenters. The summed E-state index contributed by atoms with van der Waals surface area (Å²) in [5.41, 5.74) is 2.04. The minimum atomic E-state index is -0.265. The predicted octanol–water partition coefficient (Wildman–Crippen LogP) is 3.58. The molecular formula is C26H23N5O2. The van der Waals surface area contributed by atoms with Crippen LogP contribution in [0.15, 0.2) is 70.6 Å². The molecule has 4 aromatic rings. The number of rotatable bonds is 3. The second kappa shape index (κ2) is 8.83. The Hall–Kier alpha value is -4.05. The number of carbonyl (C=O) groups excluding carboxylic acids is 1. The summed E-state index contributed by atoms with van der Waals surface area (Å²) in [6.07, 6.45) is 6.47. The molecule has 3 heterocycles. The number of hydrogen-bond acceptors (Lipinski definition) is 4. The highest BCUT2D eigenvalue weighted by atomic mass is 16.1. The standard InChI is InChI=1S/C26H23N5O2/c27-16-20-15-21-24(28-22-13-7-8-14-30(22)26(21)33)31(17-18-9-3-1-4-10-18)23(20)29-25(32)19-11-5-2-6-12-19/h1,3-4,7-10,13-15,19H,2,5-6,11-12,17H2. The van der Waals surface area contributed by atoms with Gasteiger partial charge in [-0.25, -0.2) is 4.98 Å². The molecule has 0 radical (unpaired) electrons. The number of aromatic nitrogens is 3. The van der Waals surface area contributed by atoms with Gasteiger partial charge in [0.1, 0.15) is 17.4 Å². The summed E-state index contributed by atoms with van der Waals surface area (Å²) in [6.45, 7) is 0.332. The fraction of sp³-hybridized carbons (Fsp3) is 0.269. The highest BCUT2D eigenvalue weighted by Gasteiger charge is 2.22. The Balaban J connectivity index is 1.82. The number of fused-ring (bicyclic) bond motifs is 2. The molecule has 0 spiro atoms. The largest absolute Gasteiger partial charge is 0.305 e. The molecule has 0 unspecified atom stereocenters. The summed E-state index contributed by atoms with van der Waals surface area (Å²) in [5, 5.41) is 10.2. The average molecular weight is 438 g/mol. The van der Waals surface area contributed by atoms with Crippen LogP contribution in [0.2, 0.25) is 0 Å². The molecule has 1 aliphatic carbocycles. The van der Waals surface area contributed by atoms with Crippen LogP contribution in [0.5, 0.6) is 0 Å². The lowest BCUT2D eigenvalue weighted by Gasteiger charge is -2.18. The second-order valence-electron chi connectivity index (χ2n) is 8.43. The van der Waals surface area contributed by atoms with Gasteiger partial charge in [0, 0.05) is 12.1 Å². The van der Waals surface area contributed by atoms with Gasteiger partial charge in [-0.15, -0.1) is 0 Å². The van der Waals surface area contributed by atoms with E-state index >= 15 is 0 Å². The van der Waals surface area contributed by atoms with Crippen molar-refractivity contribution < 1.29 is 4.79 Å². The molecule has 1 amide bonds. The van der Waals surface area contributed by atoms with Crippen molar-refractivity contribution in [2.75, 3.05) is 0 Å². The Morgan fingerprint density at radius 2 is 1.85 bits per heavy atom. The van der Waals surface area contributed by atoms with Crippen LogP contribution in [0.4, 0.5) is 0 Å². The Labute approximate surface area is 190 Å². The molecule has 164 valence electrons. The zero-order chi connectivity index (χ0) is 22.8. The van der Waals surface area contributed by atoms with E-state index in [9.17, 15) is 14.9 Å². The van der Waals surface area contributed by atoms with Gasteiger partial charge < -0.3 is 4.57 Å². The normalized spacial score (nSPS) is 15.1. The summed E-state index contributed by atoms with van der Waals surface area (Å²) >= 11 is 0. The molecule has 0 saturated heterocycles. The predicted molar refractivity (Wildman–Crippen MR) is 124 cm³/mol. The zero-order valence-electron chi connectivity index (χ0n) is 18.1. The Kier molecular flexibility index (Phi) is 5.57. The smallest absolute Gasteiger partial charge is 0.267 e. The van der Waals surface area contributed by atoms with Crippen molar-refractivity contribution in [1.29, 1.82) is 5.26 Å². The number of amides is 1. The van der Waals surface area contributed by atoms with Crippen LogP contribution in [-0.2, 0) is 11.3 Å². The van der Waals surface area contributed by atoms with E-state index in [2.05, 4.69) is 11.1 Å². The van der Waals surface area contributed by atoms with E-state index in [0.29, 0.717) is 23.2 Å². The number of hydrogen-bond donors (Lipinski definition) is 0. The molecule has 1 fully saturated rings. The number of nitriles is 1. The number of nitrogens with zero attached hydrogens (tertiary/aromatic N) is 5. The van der Waals surface area contributed by atoms with Crippen LogP contribution >= 0.6 is 0 Å². The molecule has 7 nitrogen and oxygen atoms in total. The first-order valence-corrected chi connectivity index (χ1v) is 11.2. The highest BCUT2D eigenvalue weighted by Crippen LogP contribution is 2.24. The fourth-order valence-electron chi connectivity index (χ4n) is 4.54. The second-order valence-corrected chi connectivity index (χ2v) is 8.43. The van der Waals surface area contributed by atoms with Crippen molar-refractivity contribution >= 4 is 22.6 Å². The molecule has 3 aromatic heterocycles. The molecule has 1 aromatic carbocycles. The lowest BCUT2D eigenvalue weighted by Crippen LogP contribution is -2.31. The van der Waals surface area contributed by atoms with Crippen LogP contribution in [0, 0.1) is 17.2 Å². The van der Waals surface area contributed by atoms with Crippen molar-refractivity contribution in [2.45, 2.75) is 38.6 Å². The first kappa shape index (κ1) is 20.8. The number of pyridine rings is 2. The third-order valence-electron chi connectivity index (χ3n) is 6.26. The minimum Gasteiger partial charge on any atom is -0.305 e. The van der Waals surface area contributed by atoms with Crippen LogP contribution in [0.25, 0.3) is 16.7 Å². The van der Waals surface area contributed by atoms with Gasteiger partial charge in [0.25, 0.3) is 11.5 Å². The fourth-order valence-corrected chi connectivity index (χ4v) is 4.54. The summed E-state index contributed by atoms with van der Waals surface area (Å²) in [7, 11) is 0. The van der Waals surface area contributed by atoms with Crippen LogP contribution in [0.3, 0.4) is 0 Å². The van der Waals surface area contributed by atoms with Gasteiger partial charge in [0.15, 0.2) is 5.49 Å². The summed E-state index contributed by atoms with van der Waals surface area (Å²) in [6, 6.07) is 18.7. The molecule has 0 aliphatic heterocycles. The first-order chi connectivity index (χ1) is 16.2. The molecular weight excluding hydrogens is 414 g/mol. The molecule has 1 aliphatic rings. The lowest BCUT2D eigenvalue weighted by molar-refractivity contribution is -0.122. The molecule has 1 saturated carbocycles. The van der Waals surface area contributed by atoms with E-state index in [1.54, 1.807) is 22.9 Å². The molecule has 7 heteroatoms. The maximum atomic E-state index is 13.2. The van der Waals surface area contributed by atoms with Gasteiger partial charge in [0.2, 0.25) is 0 Å². The van der Waals surface area contributed by atoms with Gasteiger partial charge in [-0.1, -0.05) is 55.7 Å². The van der Waals surface area contributed by atoms with E-state index in [0.717, 1.165) is 37.7 Å². The molecule has 0 N–H and O–H groups in total. The van der Waals surface area contributed by atoms with Crippen LogP contribution in [-0.4, -0.2) is 19.9 Å². The monoisotopic (exact) mass is 437 g/mol. The Morgan fingerprint density at radius 1 is 1.09 bits per heavy atom. The molecule has 33 heavy (non-hydrogen) atoms. The van der Waals surface area contributed by atoms with E-state index < -0.39 is 0 Å². The van der Waals surface area contributed by atoms with Crippen molar-refractivity contribution in [3.05, 3.63) is 87.8 Å². The maximum absolute atomic E-state index is 13.2. The third kappa shape index (κ3) is 3.96. The molecule has 0 bridgehead atoms. The lowest BCUT2D eigenvalue weighted by atomic mass is 9.89. The summed E-state index contributed by atoms with van der Waals surface area (Å²) < 4.78 is 3.19. The van der Waals surface area contributed by atoms with Crippen molar-refractivity contribution in [3.63, 3.8) is 0 Å².